The monoisotopic (exact) mass is 264 g/mol. The molecule has 1 unspecified atom stereocenters. The number of methoxy groups -OCH3 is 1. The quantitative estimate of drug-likeness (QED) is 0.795. The number of anilines is 1. The van der Waals surface area contributed by atoms with E-state index in [-0.39, 0.29) is 18.5 Å². The maximum atomic E-state index is 11.8. The Morgan fingerprint density at radius 3 is 2.58 bits per heavy atom. The van der Waals surface area contributed by atoms with Gasteiger partial charge in [-0.25, -0.2) is 0 Å². The summed E-state index contributed by atoms with van der Waals surface area (Å²) in [5.41, 5.74) is 2.24. The average molecular weight is 264 g/mol. The number of amides is 1. The number of rotatable bonds is 7. The van der Waals surface area contributed by atoms with Crippen LogP contribution in [0.5, 0.6) is 0 Å². The van der Waals surface area contributed by atoms with Gasteiger partial charge in [0.2, 0.25) is 5.91 Å². The molecule has 0 aliphatic heterocycles. The van der Waals surface area contributed by atoms with E-state index < -0.39 is 0 Å². The van der Waals surface area contributed by atoms with E-state index >= 15 is 0 Å². The Bertz CT molecular complexity index is 405. The van der Waals surface area contributed by atoms with Crippen molar-refractivity contribution in [3.05, 3.63) is 29.8 Å². The van der Waals surface area contributed by atoms with E-state index in [9.17, 15) is 4.79 Å². The highest BCUT2D eigenvalue weighted by molar-refractivity contribution is 5.81. The number of carbonyl (C=O) groups is 1. The maximum absolute atomic E-state index is 11.8. The molecule has 0 aliphatic rings. The third kappa shape index (κ3) is 5.30. The van der Waals surface area contributed by atoms with Crippen molar-refractivity contribution in [2.45, 2.75) is 32.7 Å². The highest BCUT2D eigenvalue weighted by Crippen LogP contribution is 2.23. The van der Waals surface area contributed by atoms with Crippen LogP contribution in [0.2, 0.25) is 0 Å². The molecule has 0 saturated carbocycles. The standard InChI is InChI=1S/C15H24N2O2/c1-11(2)13-7-5-6-8-14(13)16-9-15(18)17-12(3)10-19-4/h5-8,11-12,16H,9-10H2,1-4H3,(H,17,18). The van der Waals surface area contributed by atoms with Gasteiger partial charge in [-0.15, -0.1) is 0 Å². The predicted octanol–water partition coefficient (Wildman–Crippen LogP) is 2.37. The first-order chi connectivity index (χ1) is 9.04. The maximum Gasteiger partial charge on any atom is 0.239 e. The average Bonchev–Trinajstić information content (AvgIpc) is 2.36. The second-order valence-electron chi connectivity index (χ2n) is 5.02. The summed E-state index contributed by atoms with van der Waals surface area (Å²) >= 11 is 0. The van der Waals surface area contributed by atoms with Crippen molar-refractivity contribution < 1.29 is 9.53 Å². The van der Waals surface area contributed by atoms with Gasteiger partial charge in [-0.3, -0.25) is 4.79 Å². The van der Waals surface area contributed by atoms with Crippen LogP contribution in [-0.2, 0) is 9.53 Å². The van der Waals surface area contributed by atoms with E-state index in [1.165, 1.54) is 5.56 Å². The largest absolute Gasteiger partial charge is 0.383 e. The molecule has 0 bridgehead atoms. The second-order valence-corrected chi connectivity index (χ2v) is 5.02. The van der Waals surface area contributed by atoms with Gasteiger partial charge in [-0.2, -0.15) is 0 Å². The molecular formula is C15H24N2O2. The van der Waals surface area contributed by atoms with E-state index in [0.29, 0.717) is 12.5 Å². The first kappa shape index (κ1) is 15.5. The number of nitrogens with one attached hydrogen (secondary N) is 2. The lowest BCUT2D eigenvalue weighted by atomic mass is 10.0. The summed E-state index contributed by atoms with van der Waals surface area (Å²) in [5.74, 6) is 0.405. The van der Waals surface area contributed by atoms with Gasteiger partial charge in [-0.1, -0.05) is 32.0 Å². The van der Waals surface area contributed by atoms with Crippen molar-refractivity contribution in [2.24, 2.45) is 0 Å². The number of ether oxygens (including phenoxy) is 1. The lowest BCUT2D eigenvalue weighted by Crippen LogP contribution is -2.39. The summed E-state index contributed by atoms with van der Waals surface area (Å²) in [6.07, 6.45) is 0. The van der Waals surface area contributed by atoms with Crippen LogP contribution in [0.3, 0.4) is 0 Å². The van der Waals surface area contributed by atoms with E-state index in [4.69, 9.17) is 4.74 Å². The Kier molecular flexibility index (Phi) is 6.36. The van der Waals surface area contributed by atoms with Crippen molar-refractivity contribution in [1.29, 1.82) is 0 Å². The van der Waals surface area contributed by atoms with Crippen molar-refractivity contribution in [2.75, 3.05) is 25.6 Å². The second kappa shape index (κ2) is 7.79. The summed E-state index contributed by atoms with van der Waals surface area (Å²) in [4.78, 5) is 11.8. The molecule has 0 saturated heterocycles. The zero-order valence-corrected chi connectivity index (χ0v) is 12.2. The van der Waals surface area contributed by atoms with E-state index in [2.05, 4.69) is 30.5 Å². The molecule has 106 valence electrons. The molecule has 0 fully saturated rings. The number of para-hydroxylation sites is 1. The molecule has 4 heteroatoms. The van der Waals surface area contributed by atoms with Gasteiger partial charge in [0.15, 0.2) is 0 Å². The third-order valence-corrected chi connectivity index (χ3v) is 2.85. The Balaban J connectivity index is 2.50. The first-order valence-electron chi connectivity index (χ1n) is 6.65. The molecule has 0 aliphatic carbocycles. The number of benzene rings is 1. The molecule has 1 atom stereocenters. The van der Waals surface area contributed by atoms with Gasteiger partial charge in [0, 0.05) is 18.8 Å². The molecule has 0 radical (unpaired) electrons. The Morgan fingerprint density at radius 2 is 1.95 bits per heavy atom. The molecule has 0 heterocycles. The van der Waals surface area contributed by atoms with Crippen LogP contribution in [0.15, 0.2) is 24.3 Å². The lowest BCUT2D eigenvalue weighted by Gasteiger charge is -2.16. The van der Waals surface area contributed by atoms with Crippen molar-refractivity contribution >= 4 is 11.6 Å². The van der Waals surface area contributed by atoms with Gasteiger partial charge >= 0.3 is 0 Å². The summed E-state index contributed by atoms with van der Waals surface area (Å²) in [6.45, 7) is 7.00. The van der Waals surface area contributed by atoms with Crippen LogP contribution in [0.25, 0.3) is 0 Å². The van der Waals surface area contributed by atoms with Crippen molar-refractivity contribution in [1.82, 2.24) is 5.32 Å². The zero-order chi connectivity index (χ0) is 14.3. The third-order valence-electron chi connectivity index (χ3n) is 2.85. The minimum Gasteiger partial charge on any atom is -0.383 e. The van der Waals surface area contributed by atoms with Gasteiger partial charge in [-0.05, 0) is 24.5 Å². The van der Waals surface area contributed by atoms with Crippen LogP contribution in [0.4, 0.5) is 5.69 Å². The molecule has 0 spiro atoms. The zero-order valence-electron chi connectivity index (χ0n) is 12.2. The van der Waals surface area contributed by atoms with Gasteiger partial charge < -0.3 is 15.4 Å². The van der Waals surface area contributed by atoms with Crippen LogP contribution in [-0.4, -0.2) is 32.2 Å². The molecule has 1 rings (SSSR count). The minimum atomic E-state index is -0.0249. The number of hydrogen-bond donors (Lipinski definition) is 2. The van der Waals surface area contributed by atoms with Crippen LogP contribution in [0.1, 0.15) is 32.3 Å². The van der Waals surface area contributed by atoms with Crippen LogP contribution in [0, 0.1) is 0 Å². The molecule has 1 aromatic carbocycles. The lowest BCUT2D eigenvalue weighted by molar-refractivity contribution is -0.120. The van der Waals surface area contributed by atoms with Crippen LogP contribution < -0.4 is 10.6 Å². The smallest absolute Gasteiger partial charge is 0.239 e. The Labute approximate surface area is 115 Å². The molecule has 1 amide bonds. The Hall–Kier alpha value is -1.55. The fraction of sp³-hybridized carbons (Fsp3) is 0.533. The summed E-state index contributed by atoms with van der Waals surface area (Å²) in [7, 11) is 1.62. The van der Waals surface area contributed by atoms with Crippen LogP contribution >= 0.6 is 0 Å². The van der Waals surface area contributed by atoms with Crippen molar-refractivity contribution in [3.63, 3.8) is 0 Å². The highest BCUT2D eigenvalue weighted by atomic mass is 16.5. The molecule has 19 heavy (non-hydrogen) atoms. The van der Waals surface area contributed by atoms with E-state index in [0.717, 1.165) is 5.69 Å². The molecule has 4 nitrogen and oxygen atoms in total. The topological polar surface area (TPSA) is 50.4 Å². The Morgan fingerprint density at radius 1 is 1.26 bits per heavy atom. The predicted molar refractivity (Wildman–Crippen MR) is 78.5 cm³/mol. The fourth-order valence-electron chi connectivity index (χ4n) is 1.95. The molecule has 2 N–H and O–H groups in total. The minimum absolute atomic E-state index is 0.0249. The number of hydrogen-bond acceptors (Lipinski definition) is 3. The normalized spacial score (nSPS) is 12.3. The van der Waals surface area contributed by atoms with Gasteiger partial charge in [0.1, 0.15) is 0 Å². The summed E-state index contributed by atoms with van der Waals surface area (Å²) in [6, 6.07) is 8.10. The summed E-state index contributed by atoms with van der Waals surface area (Å²) < 4.78 is 4.98. The fourth-order valence-corrected chi connectivity index (χ4v) is 1.95. The molecular weight excluding hydrogens is 240 g/mol. The molecule has 0 aromatic heterocycles. The van der Waals surface area contributed by atoms with Gasteiger partial charge in [0.05, 0.1) is 13.2 Å². The SMILES string of the molecule is COCC(C)NC(=O)CNc1ccccc1C(C)C. The van der Waals surface area contributed by atoms with E-state index in [1.807, 2.05) is 25.1 Å². The first-order valence-corrected chi connectivity index (χ1v) is 6.65. The van der Waals surface area contributed by atoms with Gasteiger partial charge in [0.25, 0.3) is 0 Å². The van der Waals surface area contributed by atoms with E-state index in [1.54, 1.807) is 7.11 Å². The van der Waals surface area contributed by atoms with Crippen molar-refractivity contribution in [3.8, 4) is 0 Å². The summed E-state index contributed by atoms with van der Waals surface area (Å²) in [5, 5.41) is 6.06. The molecule has 1 aromatic rings. The number of carbonyl (C=O) groups excluding carboxylic acids is 1. The highest BCUT2D eigenvalue weighted by Gasteiger charge is 2.09.